The van der Waals surface area contributed by atoms with Crippen LogP contribution in [0.4, 0.5) is 0 Å². The van der Waals surface area contributed by atoms with Gasteiger partial charge in [-0.2, -0.15) is 0 Å². The summed E-state index contributed by atoms with van der Waals surface area (Å²) in [5.74, 6) is -0.898. The van der Waals surface area contributed by atoms with Crippen molar-refractivity contribution < 1.29 is 9.59 Å². The van der Waals surface area contributed by atoms with Crippen molar-refractivity contribution in [1.82, 2.24) is 5.32 Å². The number of nitrogens with one attached hydrogen (secondary N) is 1. The molecule has 0 saturated carbocycles. The first-order chi connectivity index (χ1) is 7.06. The Morgan fingerprint density at radius 2 is 2.00 bits per heavy atom. The highest BCUT2D eigenvalue weighted by atomic mass is 16.2. The second-order valence-corrected chi connectivity index (χ2v) is 3.33. The fourth-order valence-electron chi connectivity index (χ4n) is 1.29. The van der Waals surface area contributed by atoms with Crippen LogP contribution in [0.3, 0.4) is 0 Å². The molecule has 0 aliphatic heterocycles. The summed E-state index contributed by atoms with van der Waals surface area (Å²) in [6, 6.07) is 0. The second-order valence-electron chi connectivity index (χ2n) is 3.33. The average Bonchev–Trinajstić information content (AvgIpc) is 2.17. The van der Waals surface area contributed by atoms with Crippen LogP contribution in [0.15, 0.2) is 24.4 Å². The number of amides is 1. The van der Waals surface area contributed by atoms with E-state index < -0.39 is 5.92 Å². The molecule has 84 valence electrons. The molecule has 0 aromatic carbocycles. The highest BCUT2D eigenvalue weighted by Gasteiger charge is 2.20. The zero-order valence-corrected chi connectivity index (χ0v) is 9.67. The Bertz CT molecular complexity index is 279. The summed E-state index contributed by atoms with van der Waals surface area (Å²) in [7, 11) is 0. The van der Waals surface area contributed by atoms with Crippen molar-refractivity contribution in [3.63, 3.8) is 0 Å². The van der Waals surface area contributed by atoms with E-state index in [2.05, 4.69) is 11.9 Å². The molecule has 3 heteroatoms. The minimum atomic E-state index is -0.551. The lowest BCUT2D eigenvalue weighted by molar-refractivity contribution is -0.132. The van der Waals surface area contributed by atoms with Gasteiger partial charge in [-0.25, -0.2) is 0 Å². The molecule has 3 nitrogen and oxygen atoms in total. The third-order valence-electron chi connectivity index (χ3n) is 2.13. The van der Waals surface area contributed by atoms with Crippen molar-refractivity contribution in [1.29, 1.82) is 0 Å². The number of ketones is 1. The molecule has 1 amide bonds. The average molecular weight is 209 g/mol. The number of carbonyl (C=O) groups excluding carboxylic acids is 2. The van der Waals surface area contributed by atoms with Crippen LogP contribution in [0, 0.1) is 5.92 Å². The van der Waals surface area contributed by atoms with E-state index in [0.717, 1.165) is 6.42 Å². The van der Waals surface area contributed by atoms with Crippen LogP contribution >= 0.6 is 0 Å². The van der Waals surface area contributed by atoms with E-state index in [1.807, 2.05) is 19.9 Å². The molecule has 1 N–H and O–H groups in total. The quantitative estimate of drug-likeness (QED) is 0.538. The van der Waals surface area contributed by atoms with E-state index in [0.29, 0.717) is 12.1 Å². The summed E-state index contributed by atoms with van der Waals surface area (Å²) in [6.07, 6.45) is 4.78. The van der Waals surface area contributed by atoms with Gasteiger partial charge in [-0.05, 0) is 25.8 Å². The first-order valence-electron chi connectivity index (χ1n) is 5.20. The van der Waals surface area contributed by atoms with Gasteiger partial charge in [0.05, 0.1) is 5.92 Å². The molecular formula is C12H19NO2. The summed E-state index contributed by atoms with van der Waals surface area (Å²) in [5, 5.41) is 2.68. The molecule has 1 unspecified atom stereocenters. The van der Waals surface area contributed by atoms with Gasteiger partial charge < -0.3 is 5.32 Å². The molecule has 0 rings (SSSR count). The van der Waals surface area contributed by atoms with Gasteiger partial charge in [0.25, 0.3) is 0 Å². The van der Waals surface area contributed by atoms with E-state index in [1.165, 1.54) is 6.92 Å². The monoisotopic (exact) mass is 209 g/mol. The van der Waals surface area contributed by atoms with Crippen LogP contribution < -0.4 is 5.32 Å². The van der Waals surface area contributed by atoms with Crippen molar-refractivity contribution >= 4 is 11.7 Å². The Hall–Kier alpha value is -1.38. The Balaban J connectivity index is 4.52. The minimum absolute atomic E-state index is 0.102. The SMILES string of the molecule is C=C/C(=C\CC)NC(=O)C(CC)C(C)=O. The molecule has 0 heterocycles. The molecule has 0 aromatic rings. The molecule has 0 spiro atoms. The van der Waals surface area contributed by atoms with Crippen molar-refractivity contribution in [3.8, 4) is 0 Å². The van der Waals surface area contributed by atoms with Gasteiger partial charge >= 0.3 is 0 Å². The van der Waals surface area contributed by atoms with Crippen molar-refractivity contribution in [2.75, 3.05) is 0 Å². The van der Waals surface area contributed by atoms with Gasteiger partial charge in [0.1, 0.15) is 5.78 Å². The molecule has 1 atom stereocenters. The standard InChI is InChI=1S/C12H19NO2/c1-5-8-10(6-2)13-12(15)11(7-3)9(4)14/h6,8,11H,2,5,7H2,1,3-4H3,(H,13,15)/b10-8+. The number of hydrogen-bond donors (Lipinski definition) is 1. The highest BCUT2D eigenvalue weighted by Crippen LogP contribution is 2.05. The van der Waals surface area contributed by atoms with Crippen molar-refractivity contribution in [3.05, 3.63) is 24.4 Å². The summed E-state index contributed by atoms with van der Waals surface area (Å²) in [4.78, 5) is 22.8. The Labute approximate surface area is 91.2 Å². The van der Waals surface area contributed by atoms with Crippen molar-refractivity contribution in [2.24, 2.45) is 5.92 Å². The lowest BCUT2D eigenvalue weighted by atomic mass is 10.0. The van der Waals surface area contributed by atoms with Crippen LogP contribution in [-0.4, -0.2) is 11.7 Å². The maximum atomic E-state index is 11.6. The van der Waals surface area contributed by atoms with Crippen LogP contribution in [0.1, 0.15) is 33.6 Å². The topological polar surface area (TPSA) is 46.2 Å². The third kappa shape index (κ3) is 4.58. The molecule has 0 aliphatic carbocycles. The predicted molar refractivity (Wildman–Crippen MR) is 61.2 cm³/mol. The molecule has 0 aromatic heterocycles. The van der Waals surface area contributed by atoms with Gasteiger partial charge in [-0.1, -0.05) is 26.5 Å². The largest absolute Gasteiger partial charge is 0.326 e. The zero-order valence-electron chi connectivity index (χ0n) is 9.67. The van der Waals surface area contributed by atoms with E-state index in [1.54, 1.807) is 6.08 Å². The van der Waals surface area contributed by atoms with Gasteiger partial charge in [0.15, 0.2) is 0 Å². The zero-order chi connectivity index (χ0) is 11.8. The Morgan fingerprint density at radius 1 is 1.40 bits per heavy atom. The van der Waals surface area contributed by atoms with Gasteiger partial charge in [-0.3, -0.25) is 9.59 Å². The number of rotatable bonds is 6. The first kappa shape index (κ1) is 13.6. The summed E-state index contributed by atoms with van der Waals surface area (Å²) >= 11 is 0. The molecule has 0 radical (unpaired) electrons. The Kier molecular flexibility index (Phi) is 6.34. The lowest BCUT2D eigenvalue weighted by Gasteiger charge is -2.12. The van der Waals surface area contributed by atoms with E-state index in [4.69, 9.17) is 0 Å². The summed E-state index contributed by atoms with van der Waals surface area (Å²) in [6.45, 7) is 8.82. The maximum absolute atomic E-state index is 11.6. The highest BCUT2D eigenvalue weighted by molar-refractivity contribution is 6.00. The first-order valence-corrected chi connectivity index (χ1v) is 5.20. The van der Waals surface area contributed by atoms with Crippen LogP contribution in [-0.2, 0) is 9.59 Å². The van der Waals surface area contributed by atoms with Crippen LogP contribution in [0.2, 0.25) is 0 Å². The van der Waals surface area contributed by atoms with Crippen molar-refractivity contribution in [2.45, 2.75) is 33.6 Å². The van der Waals surface area contributed by atoms with E-state index >= 15 is 0 Å². The number of hydrogen-bond acceptors (Lipinski definition) is 2. The number of Topliss-reactive ketones (excluding diaryl/α,β-unsaturated/α-hetero) is 1. The smallest absolute Gasteiger partial charge is 0.234 e. The third-order valence-corrected chi connectivity index (χ3v) is 2.13. The molecular weight excluding hydrogens is 190 g/mol. The Morgan fingerprint density at radius 3 is 2.33 bits per heavy atom. The summed E-state index contributed by atoms with van der Waals surface area (Å²) in [5.41, 5.74) is 0.669. The lowest BCUT2D eigenvalue weighted by Crippen LogP contribution is -2.33. The van der Waals surface area contributed by atoms with E-state index in [9.17, 15) is 9.59 Å². The molecule has 15 heavy (non-hydrogen) atoms. The maximum Gasteiger partial charge on any atom is 0.234 e. The predicted octanol–water partition coefficient (Wildman–Crippen LogP) is 2.20. The molecule has 0 fully saturated rings. The van der Waals surface area contributed by atoms with Gasteiger partial charge in [0.2, 0.25) is 5.91 Å². The number of allylic oxidation sites excluding steroid dienone is 2. The summed E-state index contributed by atoms with van der Waals surface area (Å²) < 4.78 is 0. The van der Waals surface area contributed by atoms with E-state index in [-0.39, 0.29) is 11.7 Å². The number of carbonyl (C=O) groups is 2. The minimum Gasteiger partial charge on any atom is -0.326 e. The normalized spacial score (nSPS) is 13.1. The van der Waals surface area contributed by atoms with Gasteiger partial charge in [-0.15, -0.1) is 0 Å². The molecule has 0 saturated heterocycles. The van der Waals surface area contributed by atoms with Crippen LogP contribution in [0.5, 0.6) is 0 Å². The fourth-order valence-corrected chi connectivity index (χ4v) is 1.29. The van der Waals surface area contributed by atoms with Crippen LogP contribution in [0.25, 0.3) is 0 Å². The fraction of sp³-hybridized carbons (Fsp3) is 0.500. The molecule has 0 aliphatic rings. The second kappa shape index (κ2) is 6.98. The molecule has 0 bridgehead atoms. The van der Waals surface area contributed by atoms with Gasteiger partial charge in [0, 0.05) is 5.70 Å².